The molecule has 92 valence electrons. The number of H-pyrrole nitrogens is 2. The maximum absolute atomic E-state index is 11.1. The molecule has 2 aliphatic heterocycles. The second-order valence-corrected chi connectivity index (χ2v) is 4.24. The average Bonchev–Trinajstić information content (AvgIpc) is 2.57. The lowest BCUT2D eigenvalue weighted by atomic mass is 10.2. The largest absolute Gasteiger partial charge is 0.388 e. The molecule has 2 atom stereocenters. The zero-order valence-electron chi connectivity index (χ0n) is 8.97. The Morgan fingerprint density at radius 1 is 1.29 bits per heavy atom. The predicted octanol–water partition coefficient (Wildman–Crippen LogP) is -1.98. The van der Waals surface area contributed by atoms with Crippen LogP contribution in [0, 0.1) is 0 Å². The quantitative estimate of drug-likeness (QED) is 0.360. The number of hydrogen-bond acceptors (Lipinski definition) is 6. The molecule has 0 saturated heterocycles. The Bertz CT molecular complexity index is 519. The number of anilines is 1. The number of aliphatic hydroxyl groups is 2. The van der Waals surface area contributed by atoms with E-state index in [9.17, 15) is 15.0 Å². The Kier molecular flexibility index (Phi) is 2.20. The van der Waals surface area contributed by atoms with Gasteiger partial charge in [0.1, 0.15) is 11.9 Å². The van der Waals surface area contributed by atoms with Gasteiger partial charge in [-0.25, -0.2) is 9.79 Å². The van der Waals surface area contributed by atoms with Crippen molar-refractivity contribution in [2.75, 3.05) is 18.4 Å². The summed E-state index contributed by atoms with van der Waals surface area (Å²) in [6, 6.07) is 0. The summed E-state index contributed by atoms with van der Waals surface area (Å²) in [5.41, 5.74) is 0.443. The van der Waals surface area contributed by atoms with Gasteiger partial charge in [0.15, 0.2) is 5.96 Å². The third-order valence-corrected chi connectivity index (χ3v) is 2.97. The third kappa shape index (κ3) is 1.71. The van der Waals surface area contributed by atoms with Crippen LogP contribution in [0.3, 0.4) is 0 Å². The van der Waals surface area contributed by atoms with Crippen molar-refractivity contribution < 1.29 is 10.2 Å². The Labute approximate surface area is 96.0 Å². The molecule has 0 aromatic carbocycles. The maximum atomic E-state index is 11.1. The van der Waals surface area contributed by atoms with Crippen molar-refractivity contribution >= 4 is 11.8 Å². The van der Waals surface area contributed by atoms with Crippen LogP contribution in [0.25, 0.3) is 0 Å². The van der Waals surface area contributed by atoms with E-state index in [1.54, 1.807) is 4.90 Å². The molecule has 1 aromatic heterocycles. The Balaban J connectivity index is 1.94. The first-order chi connectivity index (χ1) is 8.13. The summed E-state index contributed by atoms with van der Waals surface area (Å²) in [6.07, 6.45) is -1.70. The Hall–Kier alpha value is -1.80. The van der Waals surface area contributed by atoms with Crippen molar-refractivity contribution in [3.8, 4) is 0 Å². The maximum Gasteiger partial charge on any atom is 0.324 e. The summed E-state index contributed by atoms with van der Waals surface area (Å²) in [5, 5.41) is 22.2. The number of imidazole rings is 1. The summed E-state index contributed by atoms with van der Waals surface area (Å²) in [6.45, 7) is 0.868. The molecule has 0 spiro atoms. The van der Waals surface area contributed by atoms with Crippen molar-refractivity contribution in [3.05, 3.63) is 16.2 Å². The number of aromatic amines is 2. The molecular weight excluding hydrogens is 226 g/mol. The molecule has 5 N–H and O–H groups in total. The van der Waals surface area contributed by atoms with Gasteiger partial charge in [0.25, 0.3) is 0 Å². The van der Waals surface area contributed by atoms with Gasteiger partial charge in [0.2, 0.25) is 0 Å². The van der Waals surface area contributed by atoms with Crippen LogP contribution in [-0.2, 0) is 6.54 Å². The first-order valence-corrected chi connectivity index (χ1v) is 5.37. The highest BCUT2D eigenvalue weighted by molar-refractivity contribution is 5.95. The lowest BCUT2D eigenvalue weighted by Crippen LogP contribution is -2.44. The van der Waals surface area contributed by atoms with Crippen LogP contribution >= 0.6 is 0 Å². The lowest BCUT2D eigenvalue weighted by Gasteiger charge is -2.30. The molecule has 0 saturated carbocycles. The molecule has 8 heteroatoms. The summed E-state index contributed by atoms with van der Waals surface area (Å²) in [5.74, 6) is 1.15. The second kappa shape index (κ2) is 3.60. The smallest absolute Gasteiger partial charge is 0.324 e. The Morgan fingerprint density at radius 2 is 2.12 bits per heavy atom. The van der Waals surface area contributed by atoms with E-state index < -0.39 is 12.2 Å². The van der Waals surface area contributed by atoms with Crippen molar-refractivity contribution in [2.45, 2.75) is 18.8 Å². The number of aliphatic imine (C=N–C) groups is 1. The highest BCUT2D eigenvalue weighted by Crippen LogP contribution is 2.19. The minimum atomic E-state index is -0.854. The lowest BCUT2D eigenvalue weighted by molar-refractivity contribution is 0.0170. The predicted molar refractivity (Wildman–Crippen MR) is 59.8 cm³/mol. The average molecular weight is 239 g/mol. The molecular formula is C9H13N5O3. The standard InChI is InChI=1S/C9H13N5O3/c15-5-1-10-8-12-7-4(11-9(17)13-7)2-14(8)3-6(5)16/h5-6,15-16H,1-3H2,(H,10,12)(H2,11,13,17). The van der Waals surface area contributed by atoms with E-state index in [-0.39, 0.29) is 18.8 Å². The number of guanidine groups is 1. The number of hydrogen-bond donors (Lipinski definition) is 5. The monoisotopic (exact) mass is 239 g/mol. The fraction of sp³-hybridized carbons (Fsp3) is 0.556. The van der Waals surface area contributed by atoms with Gasteiger partial charge in [-0.3, -0.25) is 4.98 Å². The molecule has 0 fully saturated rings. The van der Waals surface area contributed by atoms with Crippen LogP contribution in [-0.4, -0.2) is 56.3 Å². The van der Waals surface area contributed by atoms with Crippen molar-refractivity contribution in [3.63, 3.8) is 0 Å². The SMILES string of the molecule is O=c1[nH]c2c([nH]1)NC1=NCC(O)C(O)CN1C2. The van der Waals surface area contributed by atoms with E-state index in [1.165, 1.54) is 0 Å². The van der Waals surface area contributed by atoms with Gasteiger partial charge < -0.3 is 25.4 Å². The minimum absolute atomic E-state index is 0.143. The summed E-state index contributed by atoms with van der Waals surface area (Å²) < 4.78 is 0. The number of nitrogens with one attached hydrogen (secondary N) is 3. The highest BCUT2D eigenvalue weighted by Gasteiger charge is 2.30. The normalized spacial score (nSPS) is 27.6. The molecule has 0 aliphatic carbocycles. The zero-order valence-corrected chi connectivity index (χ0v) is 8.97. The van der Waals surface area contributed by atoms with Crippen molar-refractivity contribution in [2.24, 2.45) is 4.99 Å². The van der Waals surface area contributed by atoms with Crippen LogP contribution in [0.4, 0.5) is 5.82 Å². The van der Waals surface area contributed by atoms with E-state index in [2.05, 4.69) is 20.3 Å². The van der Waals surface area contributed by atoms with Gasteiger partial charge in [0, 0.05) is 6.54 Å². The van der Waals surface area contributed by atoms with E-state index in [0.717, 1.165) is 5.69 Å². The first-order valence-electron chi connectivity index (χ1n) is 5.37. The molecule has 3 heterocycles. The van der Waals surface area contributed by atoms with Crippen LogP contribution < -0.4 is 11.0 Å². The number of nitrogens with zero attached hydrogens (tertiary/aromatic N) is 2. The van der Waals surface area contributed by atoms with Gasteiger partial charge in [-0.05, 0) is 0 Å². The van der Waals surface area contributed by atoms with E-state index in [0.29, 0.717) is 18.3 Å². The fourth-order valence-electron chi connectivity index (χ4n) is 2.04. The van der Waals surface area contributed by atoms with E-state index in [4.69, 9.17) is 0 Å². The summed E-state index contributed by atoms with van der Waals surface area (Å²) >= 11 is 0. The highest BCUT2D eigenvalue weighted by atomic mass is 16.3. The fourth-order valence-corrected chi connectivity index (χ4v) is 2.04. The van der Waals surface area contributed by atoms with E-state index in [1.807, 2.05) is 0 Å². The van der Waals surface area contributed by atoms with Gasteiger partial charge in [0.05, 0.1) is 24.9 Å². The van der Waals surface area contributed by atoms with E-state index >= 15 is 0 Å². The summed E-state index contributed by atoms with van der Waals surface area (Å²) in [4.78, 5) is 22.4. The van der Waals surface area contributed by atoms with Crippen LogP contribution in [0.5, 0.6) is 0 Å². The summed E-state index contributed by atoms with van der Waals surface area (Å²) in [7, 11) is 0. The molecule has 2 aliphatic rings. The molecule has 17 heavy (non-hydrogen) atoms. The van der Waals surface area contributed by atoms with Crippen molar-refractivity contribution in [1.29, 1.82) is 0 Å². The van der Waals surface area contributed by atoms with Crippen LogP contribution in [0.15, 0.2) is 9.79 Å². The number of fused-ring (bicyclic) bond motifs is 2. The molecule has 2 unspecified atom stereocenters. The first kappa shape index (κ1) is 10.4. The number of aromatic nitrogens is 2. The van der Waals surface area contributed by atoms with Gasteiger partial charge in [-0.1, -0.05) is 0 Å². The van der Waals surface area contributed by atoms with Gasteiger partial charge >= 0.3 is 5.69 Å². The molecule has 0 radical (unpaired) electrons. The number of aliphatic hydroxyl groups excluding tert-OH is 2. The Morgan fingerprint density at radius 3 is 2.94 bits per heavy atom. The van der Waals surface area contributed by atoms with Crippen LogP contribution in [0.1, 0.15) is 5.69 Å². The second-order valence-electron chi connectivity index (χ2n) is 4.24. The number of rotatable bonds is 0. The van der Waals surface area contributed by atoms with Crippen LogP contribution in [0.2, 0.25) is 0 Å². The van der Waals surface area contributed by atoms with Gasteiger partial charge in [-0.15, -0.1) is 0 Å². The molecule has 0 amide bonds. The molecule has 1 aromatic rings. The van der Waals surface area contributed by atoms with Crippen molar-refractivity contribution in [1.82, 2.24) is 14.9 Å². The third-order valence-electron chi connectivity index (χ3n) is 2.97. The molecule has 3 rings (SSSR count). The topological polar surface area (TPSA) is 117 Å². The minimum Gasteiger partial charge on any atom is -0.388 e. The molecule has 0 bridgehead atoms. The van der Waals surface area contributed by atoms with Gasteiger partial charge in [-0.2, -0.15) is 0 Å². The molecule has 8 nitrogen and oxygen atoms in total. The zero-order chi connectivity index (χ0) is 12.0.